The molecule has 0 bridgehead atoms. The highest BCUT2D eigenvalue weighted by Crippen LogP contribution is 2.11. The molecule has 0 amide bonds. The van der Waals surface area contributed by atoms with Gasteiger partial charge >= 0.3 is 0 Å². The van der Waals surface area contributed by atoms with Crippen LogP contribution in [0.3, 0.4) is 0 Å². The van der Waals surface area contributed by atoms with E-state index in [0.717, 1.165) is 25.6 Å². The molecule has 78 valence electrons. The standard InChI is InChI=1S/C10H22N2O/c1-8(2)4-9(11-3)5-12-6-10(13)7-12/h8-11,13H,4-7H2,1-3H3/t9-/m0/s1. The summed E-state index contributed by atoms with van der Waals surface area (Å²) < 4.78 is 0. The van der Waals surface area contributed by atoms with Crippen molar-refractivity contribution in [1.29, 1.82) is 0 Å². The lowest BCUT2D eigenvalue weighted by atomic mass is 10.0. The summed E-state index contributed by atoms with van der Waals surface area (Å²) in [4.78, 5) is 2.30. The van der Waals surface area contributed by atoms with Crippen molar-refractivity contribution in [1.82, 2.24) is 10.2 Å². The second-order valence-corrected chi connectivity index (χ2v) is 4.49. The molecule has 1 fully saturated rings. The Morgan fingerprint density at radius 3 is 2.46 bits per heavy atom. The van der Waals surface area contributed by atoms with Crippen molar-refractivity contribution in [3.8, 4) is 0 Å². The van der Waals surface area contributed by atoms with E-state index in [2.05, 4.69) is 24.1 Å². The van der Waals surface area contributed by atoms with Crippen molar-refractivity contribution >= 4 is 0 Å². The first-order chi connectivity index (χ1) is 6.11. The molecule has 1 atom stereocenters. The van der Waals surface area contributed by atoms with Gasteiger partial charge in [-0.3, -0.25) is 4.90 Å². The lowest BCUT2D eigenvalue weighted by Gasteiger charge is -2.38. The van der Waals surface area contributed by atoms with Crippen LogP contribution in [0.1, 0.15) is 20.3 Å². The molecular weight excluding hydrogens is 164 g/mol. The third-order valence-corrected chi connectivity index (χ3v) is 2.58. The summed E-state index contributed by atoms with van der Waals surface area (Å²) in [5.74, 6) is 0.739. The molecule has 2 N–H and O–H groups in total. The molecule has 13 heavy (non-hydrogen) atoms. The van der Waals surface area contributed by atoms with Gasteiger partial charge in [0.25, 0.3) is 0 Å². The molecule has 1 saturated heterocycles. The highest BCUT2D eigenvalue weighted by Gasteiger charge is 2.26. The zero-order valence-corrected chi connectivity index (χ0v) is 8.95. The van der Waals surface area contributed by atoms with Crippen LogP contribution >= 0.6 is 0 Å². The predicted octanol–water partition coefficient (Wildman–Crippen LogP) is 0.297. The van der Waals surface area contributed by atoms with Crippen LogP contribution in [0.4, 0.5) is 0 Å². The fourth-order valence-corrected chi connectivity index (χ4v) is 1.86. The zero-order chi connectivity index (χ0) is 9.84. The Bertz CT molecular complexity index is 144. The maximum atomic E-state index is 9.12. The van der Waals surface area contributed by atoms with E-state index in [4.69, 9.17) is 5.11 Å². The Hall–Kier alpha value is -0.120. The largest absolute Gasteiger partial charge is 0.390 e. The minimum Gasteiger partial charge on any atom is -0.390 e. The third-order valence-electron chi connectivity index (χ3n) is 2.58. The van der Waals surface area contributed by atoms with Gasteiger partial charge in [-0.1, -0.05) is 13.8 Å². The number of nitrogens with zero attached hydrogens (tertiary/aromatic N) is 1. The molecule has 1 rings (SSSR count). The first-order valence-corrected chi connectivity index (χ1v) is 5.19. The van der Waals surface area contributed by atoms with Gasteiger partial charge in [-0.05, 0) is 19.4 Å². The van der Waals surface area contributed by atoms with Crippen LogP contribution in [0.25, 0.3) is 0 Å². The number of hydrogen-bond donors (Lipinski definition) is 2. The first-order valence-electron chi connectivity index (χ1n) is 5.19. The zero-order valence-electron chi connectivity index (χ0n) is 8.95. The van der Waals surface area contributed by atoms with Crippen LogP contribution in [0.2, 0.25) is 0 Å². The number of aliphatic hydroxyl groups is 1. The van der Waals surface area contributed by atoms with E-state index in [-0.39, 0.29) is 6.10 Å². The van der Waals surface area contributed by atoms with Crippen molar-refractivity contribution in [2.45, 2.75) is 32.4 Å². The Balaban J connectivity index is 2.16. The summed E-state index contributed by atoms with van der Waals surface area (Å²) in [6.07, 6.45) is 1.14. The molecule has 3 heteroatoms. The molecule has 0 spiro atoms. The molecule has 0 aromatic carbocycles. The average Bonchev–Trinajstić information content (AvgIpc) is 1.99. The van der Waals surface area contributed by atoms with Crippen molar-refractivity contribution in [3.63, 3.8) is 0 Å². The second kappa shape index (κ2) is 4.94. The van der Waals surface area contributed by atoms with Gasteiger partial charge in [0.1, 0.15) is 0 Å². The summed E-state index contributed by atoms with van der Waals surface area (Å²) in [7, 11) is 2.02. The van der Waals surface area contributed by atoms with E-state index < -0.39 is 0 Å². The van der Waals surface area contributed by atoms with E-state index in [1.807, 2.05) is 7.05 Å². The summed E-state index contributed by atoms with van der Waals surface area (Å²) in [5.41, 5.74) is 0. The molecule has 1 aliphatic heterocycles. The fraction of sp³-hybridized carbons (Fsp3) is 1.00. The number of β-amino-alcohol motifs (C(OH)–C–C–N with tert-alkyl or cyclic N) is 1. The molecule has 3 nitrogen and oxygen atoms in total. The third kappa shape index (κ3) is 3.63. The summed E-state index contributed by atoms with van der Waals surface area (Å²) in [6.45, 7) is 7.28. The van der Waals surface area contributed by atoms with E-state index in [1.165, 1.54) is 6.42 Å². The van der Waals surface area contributed by atoms with Crippen LogP contribution in [0.15, 0.2) is 0 Å². The molecule has 0 unspecified atom stereocenters. The average molecular weight is 186 g/mol. The molecular formula is C10H22N2O. The number of likely N-dealkylation sites (tertiary alicyclic amines) is 1. The Morgan fingerprint density at radius 1 is 1.46 bits per heavy atom. The van der Waals surface area contributed by atoms with Crippen LogP contribution in [-0.2, 0) is 0 Å². The quantitative estimate of drug-likeness (QED) is 0.648. The minimum absolute atomic E-state index is 0.0726. The number of likely N-dealkylation sites (N-methyl/N-ethyl adjacent to an activating group) is 1. The molecule has 0 radical (unpaired) electrons. The normalized spacial score (nSPS) is 21.9. The van der Waals surface area contributed by atoms with Crippen molar-refractivity contribution in [2.75, 3.05) is 26.7 Å². The maximum Gasteiger partial charge on any atom is 0.0793 e. The van der Waals surface area contributed by atoms with Gasteiger partial charge in [0.2, 0.25) is 0 Å². The topological polar surface area (TPSA) is 35.5 Å². The smallest absolute Gasteiger partial charge is 0.0793 e. The Morgan fingerprint density at radius 2 is 2.08 bits per heavy atom. The van der Waals surface area contributed by atoms with Gasteiger partial charge in [0.15, 0.2) is 0 Å². The molecule has 0 aliphatic carbocycles. The monoisotopic (exact) mass is 186 g/mol. The fourth-order valence-electron chi connectivity index (χ4n) is 1.86. The summed E-state index contributed by atoms with van der Waals surface area (Å²) in [5, 5.41) is 12.4. The van der Waals surface area contributed by atoms with E-state index >= 15 is 0 Å². The van der Waals surface area contributed by atoms with E-state index in [1.54, 1.807) is 0 Å². The van der Waals surface area contributed by atoms with Gasteiger partial charge in [-0.25, -0.2) is 0 Å². The van der Waals surface area contributed by atoms with Crippen LogP contribution in [0, 0.1) is 5.92 Å². The first kappa shape index (κ1) is 11.0. The van der Waals surface area contributed by atoms with Crippen molar-refractivity contribution in [3.05, 3.63) is 0 Å². The van der Waals surface area contributed by atoms with E-state index in [9.17, 15) is 0 Å². The molecule has 1 aliphatic rings. The lowest BCUT2D eigenvalue weighted by Crippen LogP contribution is -2.54. The molecule has 0 aromatic heterocycles. The van der Waals surface area contributed by atoms with Gasteiger partial charge in [0.05, 0.1) is 6.10 Å². The van der Waals surface area contributed by atoms with Gasteiger partial charge < -0.3 is 10.4 Å². The molecule has 0 saturated carbocycles. The highest BCUT2D eigenvalue weighted by atomic mass is 16.3. The van der Waals surface area contributed by atoms with Gasteiger partial charge in [0, 0.05) is 25.7 Å². The number of nitrogens with one attached hydrogen (secondary N) is 1. The van der Waals surface area contributed by atoms with Crippen molar-refractivity contribution in [2.24, 2.45) is 5.92 Å². The maximum absolute atomic E-state index is 9.12. The second-order valence-electron chi connectivity index (χ2n) is 4.49. The molecule has 0 aromatic rings. The SMILES string of the molecule is CN[C@@H](CC(C)C)CN1CC(O)C1. The minimum atomic E-state index is -0.0726. The predicted molar refractivity (Wildman–Crippen MR) is 54.7 cm³/mol. The summed E-state index contributed by atoms with van der Waals surface area (Å²) in [6, 6.07) is 0.576. The van der Waals surface area contributed by atoms with Crippen LogP contribution in [0.5, 0.6) is 0 Å². The summed E-state index contributed by atoms with van der Waals surface area (Å²) >= 11 is 0. The van der Waals surface area contributed by atoms with Crippen LogP contribution < -0.4 is 5.32 Å². The Kier molecular flexibility index (Phi) is 4.16. The lowest BCUT2D eigenvalue weighted by molar-refractivity contribution is -0.00355. The number of hydrogen-bond acceptors (Lipinski definition) is 3. The number of rotatable bonds is 5. The molecule has 1 heterocycles. The van der Waals surface area contributed by atoms with Crippen LogP contribution in [-0.4, -0.2) is 48.8 Å². The van der Waals surface area contributed by atoms with Crippen molar-refractivity contribution < 1.29 is 5.11 Å². The highest BCUT2D eigenvalue weighted by molar-refractivity contribution is 4.82. The Labute approximate surface area is 81.1 Å². The number of aliphatic hydroxyl groups excluding tert-OH is 1. The van der Waals surface area contributed by atoms with E-state index in [0.29, 0.717) is 6.04 Å². The van der Waals surface area contributed by atoms with Gasteiger partial charge in [-0.2, -0.15) is 0 Å². The van der Waals surface area contributed by atoms with Gasteiger partial charge in [-0.15, -0.1) is 0 Å².